The molecule has 0 radical (unpaired) electrons. The quantitative estimate of drug-likeness (QED) is 0.909. The fourth-order valence-corrected chi connectivity index (χ4v) is 2.21. The molecule has 4 heteroatoms. The van der Waals surface area contributed by atoms with Crippen molar-refractivity contribution in [3.8, 4) is 0 Å². The van der Waals surface area contributed by atoms with Crippen LogP contribution in [0.3, 0.4) is 0 Å². The number of aliphatic imine (C=N–C) groups is 1. The Balaban J connectivity index is 1.83. The summed E-state index contributed by atoms with van der Waals surface area (Å²) in [5, 5.41) is 3.98. The third kappa shape index (κ3) is 2.78. The Kier molecular flexibility index (Phi) is 3.49. The molecule has 19 heavy (non-hydrogen) atoms. The predicted octanol–water partition coefficient (Wildman–Crippen LogP) is 3.36. The average molecular weight is 273 g/mol. The van der Waals surface area contributed by atoms with Crippen LogP contribution in [-0.2, 0) is 4.74 Å². The lowest BCUT2D eigenvalue weighted by atomic mass is 10.1. The molecule has 0 spiro atoms. The lowest BCUT2D eigenvalue weighted by molar-refractivity contribution is 0.0375. The maximum absolute atomic E-state index is 6.00. The summed E-state index contributed by atoms with van der Waals surface area (Å²) in [4.78, 5) is 4.35. The molecule has 0 bridgehead atoms. The van der Waals surface area contributed by atoms with Crippen LogP contribution in [0, 0.1) is 0 Å². The molecule has 0 saturated heterocycles. The van der Waals surface area contributed by atoms with E-state index in [1.807, 2.05) is 54.6 Å². The Labute approximate surface area is 116 Å². The van der Waals surface area contributed by atoms with Crippen molar-refractivity contribution < 1.29 is 4.74 Å². The van der Waals surface area contributed by atoms with Gasteiger partial charge in [0, 0.05) is 16.1 Å². The molecule has 3 rings (SSSR count). The van der Waals surface area contributed by atoms with E-state index in [0.717, 1.165) is 17.0 Å². The molecule has 0 saturated carbocycles. The number of benzene rings is 2. The summed E-state index contributed by atoms with van der Waals surface area (Å²) in [5.74, 6) is 0.844. The number of hydrogen-bond acceptors (Lipinski definition) is 3. The topological polar surface area (TPSA) is 33.6 Å². The van der Waals surface area contributed by atoms with Crippen molar-refractivity contribution in [3.63, 3.8) is 0 Å². The van der Waals surface area contributed by atoms with E-state index in [0.29, 0.717) is 11.8 Å². The number of hydrogen-bond donors (Lipinski definition) is 1. The normalized spacial score (nSPS) is 18.6. The highest BCUT2D eigenvalue weighted by atomic mass is 35.5. The highest BCUT2D eigenvalue weighted by molar-refractivity contribution is 6.30. The van der Waals surface area contributed by atoms with Gasteiger partial charge in [0.2, 0.25) is 0 Å². The molecular weight excluding hydrogens is 260 g/mol. The van der Waals surface area contributed by atoms with Crippen molar-refractivity contribution in [2.24, 2.45) is 4.99 Å². The van der Waals surface area contributed by atoms with Gasteiger partial charge >= 0.3 is 0 Å². The maximum Gasteiger partial charge on any atom is 0.157 e. The molecule has 1 aliphatic rings. The third-order valence-corrected chi connectivity index (χ3v) is 3.17. The first-order valence-corrected chi connectivity index (χ1v) is 6.44. The molecule has 0 aromatic heterocycles. The number of nitrogens with one attached hydrogen (secondary N) is 1. The Bertz CT molecular complexity index is 598. The molecule has 1 unspecified atom stereocenters. The minimum Gasteiger partial charge on any atom is -0.341 e. The molecule has 1 atom stereocenters. The monoisotopic (exact) mass is 272 g/mol. The predicted molar refractivity (Wildman–Crippen MR) is 76.3 cm³/mol. The van der Waals surface area contributed by atoms with Gasteiger partial charge < -0.3 is 10.1 Å². The third-order valence-electron chi connectivity index (χ3n) is 2.93. The lowest BCUT2D eigenvalue weighted by Gasteiger charge is -2.25. The van der Waals surface area contributed by atoms with E-state index in [1.54, 1.807) is 0 Å². The molecule has 1 heterocycles. The van der Waals surface area contributed by atoms with Crippen molar-refractivity contribution >= 4 is 17.4 Å². The van der Waals surface area contributed by atoms with E-state index in [1.165, 1.54) is 0 Å². The Morgan fingerprint density at radius 2 is 1.95 bits per heavy atom. The molecular formula is C15H13ClN2O. The number of ether oxygens (including phenoxy) is 1. The molecule has 2 aromatic rings. The van der Waals surface area contributed by atoms with E-state index in [-0.39, 0.29) is 6.23 Å². The first kappa shape index (κ1) is 12.2. The summed E-state index contributed by atoms with van der Waals surface area (Å²) in [6.07, 6.45) is -0.216. The van der Waals surface area contributed by atoms with Gasteiger partial charge in [-0.2, -0.15) is 0 Å². The van der Waals surface area contributed by atoms with Crippen LogP contribution in [0.25, 0.3) is 0 Å². The fourth-order valence-electron chi connectivity index (χ4n) is 2.01. The summed E-state index contributed by atoms with van der Waals surface area (Å²) in [6.45, 7) is 0.342. The first-order chi connectivity index (χ1) is 9.33. The summed E-state index contributed by atoms with van der Waals surface area (Å²) in [7, 11) is 0. The second kappa shape index (κ2) is 5.43. The van der Waals surface area contributed by atoms with Gasteiger partial charge in [-0.15, -0.1) is 0 Å². The molecule has 2 aromatic carbocycles. The number of halogens is 1. The van der Waals surface area contributed by atoms with Crippen LogP contribution in [0.4, 0.5) is 0 Å². The van der Waals surface area contributed by atoms with Crippen molar-refractivity contribution in [2.45, 2.75) is 6.23 Å². The molecule has 0 aliphatic carbocycles. The van der Waals surface area contributed by atoms with E-state index in [2.05, 4.69) is 10.3 Å². The second-order valence-electron chi connectivity index (χ2n) is 4.25. The molecule has 0 amide bonds. The summed E-state index contributed by atoms with van der Waals surface area (Å²) in [6, 6.07) is 17.6. The van der Waals surface area contributed by atoms with Crippen LogP contribution >= 0.6 is 11.6 Å². The van der Waals surface area contributed by atoms with Crippen LogP contribution in [0.15, 0.2) is 59.6 Å². The fraction of sp³-hybridized carbons (Fsp3) is 0.133. The Morgan fingerprint density at radius 3 is 2.74 bits per heavy atom. The highest BCUT2D eigenvalue weighted by Gasteiger charge is 2.18. The Morgan fingerprint density at radius 1 is 1.11 bits per heavy atom. The smallest absolute Gasteiger partial charge is 0.157 e. The summed E-state index contributed by atoms with van der Waals surface area (Å²) < 4.78 is 5.61. The SMILES string of the molecule is Clc1cccc(C2NC(c3ccccc3)=NCO2)c1. The van der Waals surface area contributed by atoms with E-state index in [4.69, 9.17) is 16.3 Å². The van der Waals surface area contributed by atoms with Crippen LogP contribution in [-0.4, -0.2) is 12.6 Å². The van der Waals surface area contributed by atoms with Gasteiger partial charge in [0.25, 0.3) is 0 Å². The van der Waals surface area contributed by atoms with Crippen molar-refractivity contribution in [1.29, 1.82) is 0 Å². The Hall–Kier alpha value is -1.84. The number of nitrogens with zero attached hydrogens (tertiary/aromatic N) is 1. The lowest BCUT2D eigenvalue weighted by Crippen LogP contribution is -2.35. The average Bonchev–Trinajstić information content (AvgIpc) is 2.48. The number of rotatable bonds is 2. The zero-order valence-electron chi connectivity index (χ0n) is 10.2. The largest absolute Gasteiger partial charge is 0.341 e. The minimum atomic E-state index is -0.216. The molecule has 1 aliphatic heterocycles. The standard InChI is InChI=1S/C15H13ClN2O/c16-13-8-4-7-12(9-13)15-18-14(17-10-19-15)11-5-2-1-3-6-11/h1-9,15H,10H2,(H,17,18). The second-order valence-corrected chi connectivity index (χ2v) is 4.68. The summed E-state index contributed by atoms with van der Waals surface area (Å²) in [5.41, 5.74) is 2.05. The van der Waals surface area contributed by atoms with Crippen LogP contribution in [0.1, 0.15) is 17.4 Å². The van der Waals surface area contributed by atoms with Crippen LogP contribution in [0.2, 0.25) is 5.02 Å². The van der Waals surface area contributed by atoms with Crippen molar-refractivity contribution in [3.05, 3.63) is 70.7 Å². The first-order valence-electron chi connectivity index (χ1n) is 6.06. The highest BCUT2D eigenvalue weighted by Crippen LogP contribution is 2.21. The van der Waals surface area contributed by atoms with Gasteiger partial charge in [0.05, 0.1) is 0 Å². The summed E-state index contributed by atoms with van der Waals surface area (Å²) >= 11 is 6.00. The van der Waals surface area contributed by atoms with Gasteiger partial charge in [0.15, 0.2) is 6.23 Å². The molecule has 96 valence electrons. The van der Waals surface area contributed by atoms with Gasteiger partial charge in [-0.3, -0.25) is 0 Å². The molecule has 0 fully saturated rings. The zero-order chi connectivity index (χ0) is 13.1. The zero-order valence-corrected chi connectivity index (χ0v) is 11.0. The van der Waals surface area contributed by atoms with Crippen LogP contribution in [0.5, 0.6) is 0 Å². The van der Waals surface area contributed by atoms with Gasteiger partial charge in [-0.1, -0.05) is 54.1 Å². The van der Waals surface area contributed by atoms with E-state index >= 15 is 0 Å². The number of amidine groups is 1. The minimum absolute atomic E-state index is 0.216. The van der Waals surface area contributed by atoms with Crippen molar-refractivity contribution in [2.75, 3.05) is 6.73 Å². The van der Waals surface area contributed by atoms with Gasteiger partial charge in [-0.25, -0.2) is 4.99 Å². The van der Waals surface area contributed by atoms with Gasteiger partial charge in [-0.05, 0) is 12.1 Å². The maximum atomic E-state index is 6.00. The van der Waals surface area contributed by atoms with Crippen LogP contribution < -0.4 is 5.32 Å². The van der Waals surface area contributed by atoms with E-state index < -0.39 is 0 Å². The molecule has 3 nitrogen and oxygen atoms in total. The van der Waals surface area contributed by atoms with Gasteiger partial charge in [0.1, 0.15) is 12.6 Å². The van der Waals surface area contributed by atoms with E-state index in [9.17, 15) is 0 Å². The van der Waals surface area contributed by atoms with Crippen molar-refractivity contribution in [1.82, 2.24) is 5.32 Å². The molecule has 1 N–H and O–H groups in total.